The average molecular weight is 305 g/mol. The molecule has 1 fully saturated rings. The molecule has 1 aromatic carbocycles. The lowest BCUT2D eigenvalue weighted by atomic mass is 9.86. The van der Waals surface area contributed by atoms with E-state index in [0.29, 0.717) is 12.0 Å². The molecule has 1 N–H and O–H groups in total. The Balaban J connectivity index is 1.70. The first-order chi connectivity index (χ1) is 10.4. The summed E-state index contributed by atoms with van der Waals surface area (Å²) < 4.78 is 5.82. The van der Waals surface area contributed by atoms with Crippen LogP contribution in [0.1, 0.15) is 50.5 Å². The summed E-state index contributed by atoms with van der Waals surface area (Å²) in [5.41, 5.74) is 1.43. The van der Waals surface area contributed by atoms with E-state index in [-0.39, 0.29) is 0 Å². The van der Waals surface area contributed by atoms with Crippen LogP contribution in [0.3, 0.4) is 0 Å². The fourth-order valence-corrected chi connectivity index (χ4v) is 4.99. The number of rotatable bonds is 6. The van der Waals surface area contributed by atoms with Crippen molar-refractivity contribution in [1.82, 2.24) is 5.32 Å². The molecule has 0 radical (unpaired) electrons. The van der Waals surface area contributed by atoms with E-state index < -0.39 is 0 Å². The van der Waals surface area contributed by atoms with Crippen LogP contribution in [0.25, 0.3) is 0 Å². The van der Waals surface area contributed by atoms with E-state index >= 15 is 0 Å². The first kappa shape index (κ1) is 15.2. The summed E-state index contributed by atoms with van der Waals surface area (Å²) in [7, 11) is 0. The smallest absolute Gasteiger partial charge is 0.122 e. The highest BCUT2D eigenvalue weighted by molar-refractivity contribution is 8.00. The normalized spacial score (nSPS) is 26.1. The van der Waals surface area contributed by atoms with E-state index in [1.807, 2.05) is 0 Å². The molecule has 3 atom stereocenters. The summed E-state index contributed by atoms with van der Waals surface area (Å²) >= 11 is 2.18. The Morgan fingerprint density at radius 1 is 1.33 bits per heavy atom. The molecule has 0 bridgehead atoms. The van der Waals surface area contributed by atoms with E-state index in [1.54, 1.807) is 0 Å². The summed E-state index contributed by atoms with van der Waals surface area (Å²) in [4.78, 5) is 0. The number of benzene rings is 1. The quantitative estimate of drug-likeness (QED) is 0.851. The maximum Gasteiger partial charge on any atom is 0.122 e. The average Bonchev–Trinajstić information content (AvgIpc) is 3.06. The Bertz CT molecular complexity index is 445. The number of para-hydroxylation sites is 1. The highest BCUT2D eigenvalue weighted by Gasteiger charge is 2.30. The Kier molecular flexibility index (Phi) is 5.48. The van der Waals surface area contributed by atoms with E-state index in [1.165, 1.54) is 43.4 Å². The molecule has 1 aromatic rings. The monoisotopic (exact) mass is 305 g/mol. The van der Waals surface area contributed by atoms with Crippen molar-refractivity contribution in [2.45, 2.75) is 56.2 Å². The van der Waals surface area contributed by atoms with Crippen molar-refractivity contribution in [1.29, 1.82) is 0 Å². The zero-order valence-electron chi connectivity index (χ0n) is 13.0. The van der Waals surface area contributed by atoms with Gasteiger partial charge in [-0.15, -0.1) is 0 Å². The fraction of sp³-hybridized carbons (Fsp3) is 0.667. The molecule has 0 aromatic heterocycles. The Morgan fingerprint density at radius 3 is 3.05 bits per heavy atom. The third-order valence-corrected chi connectivity index (χ3v) is 6.21. The van der Waals surface area contributed by atoms with Gasteiger partial charge in [-0.3, -0.25) is 0 Å². The van der Waals surface area contributed by atoms with Crippen molar-refractivity contribution in [2.75, 3.05) is 18.9 Å². The highest BCUT2D eigenvalue weighted by atomic mass is 32.2. The lowest BCUT2D eigenvalue weighted by Crippen LogP contribution is -2.39. The van der Waals surface area contributed by atoms with Crippen LogP contribution in [0, 0.1) is 0 Å². The molecule has 2 aliphatic rings. The van der Waals surface area contributed by atoms with Crippen molar-refractivity contribution in [3.05, 3.63) is 29.8 Å². The largest absolute Gasteiger partial charge is 0.493 e. The summed E-state index contributed by atoms with van der Waals surface area (Å²) in [6.07, 6.45) is 6.43. The number of hydrogen-bond acceptors (Lipinski definition) is 3. The molecule has 2 nitrogen and oxygen atoms in total. The lowest BCUT2D eigenvalue weighted by molar-refractivity contribution is 0.254. The second-order valence-electron chi connectivity index (χ2n) is 6.22. The van der Waals surface area contributed by atoms with Crippen LogP contribution in [0.5, 0.6) is 5.75 Å². The van der Waals surface area contributed by atoms with Gasteiger partial charge >= 0.3 is 0 Å². The molecular weight excluding hydrogens is 278 g/mol. The number of fused-ring (bicyclic) bond motifs is 1. The number of nitrogens with one attached hydrogen (secondary N) is 1. The summed E-state index contributed by atoms with van der Waals surface area (Å²) in [5.74, 6) is 3.12. The van der Waals surface area contributed by atoms with Crippen LogP contribution in [0.2, 0.25) is 0 Å². The molecule has 0 amide bonds. The number of ether oxygens (including phenoxy) is 1. The van der Waals surface area contributed by atoms with Gasteiger partial charge < -0.3 is 10.1 Å². The minimum atomic E-state index is 0.658. The molecule has 21 heavy (non-hydrogen) atoms. The fourth-order valence-electron chi connectivity index (χ4n) is 3.58. The van der Waals surface area contributed by atoms with Gasteiger partial charge in [0.2, 0.25) is 0 Å². The van der Waals surface area contributed by atoms with Gasteiger partial charge in [-0.25, -0.2) is 0 Å². The number of thioether (sulfide) groups is 1. The van der Waals surface area contributed by atoms with Crippen LogP contribution in [0.15, 0.2) is 24.3 Å². The first-order valence-electron chi connectivity index (χ1n) is 8.45. The lowest BCUT2D eigenvalue weighted by Gasteiger charge is -2.32. The zero-order chi connectivity index (χ0) is 14.5. The van der Waals surface area contributed by atoms with Gasteiger partial charge in [0.25, 0.3) is 0 Å². The standard InChI is InChI=1S/C18H27NOS/c1-2-10-19-16(18-8-5-12-21-18)13-14-9-11-20-17-7-4-3-6-15(14)17/h3-4,6-7,14,16,18-19H,2,5,8-13H2,1H3. The van der Waals surface area contributed by atoms with Crippen LogP contribution >= 0.6 is 11.8 Å². The second kappa shape index (κ2) is 7.55. The molecule has 3 rings (SSSR count). The summed E-state index contributed by atoms with van der Waals surface area (Å²) in [5, 5.41) is 4.64. The molecule has 2 aliphatic heterocycles. The van der Waals surface area contributed by atoms with Crippen molar-refractivity contribution in [3.8, 4) is 5.75 Å². The van der Waals surface area contributed by atoms with Crippen molar-refractivity contribution in [3.63, 3.8) is 0 Å². The van der Waals surface area contributed by atoms with Crippen molar-refractivity contribution < 1.29 is 4.74 Å². The first-order valence-corrected chi connectivity index (χ1v) is 9.50. The molecule has 2 heterocycles. The minimum Gasteiger partial charge on any atom is -0.493 e. The highest BCUT2D eigenvalue weighted by Crippen LogP contribution is 2.39. The van der Waals surface area contributed by atoms with Gasteiger partial charge in [-0.1, -0.05) is 25.1 Å². The summed E-state index contributed by atoms with van der Waals surface area (Å²) in [6.45, 7) is 4.28. The third kappa shape index (κ3) is 3.75. The maximum absolute atomic E-state index is 5.82. The second-order valence-corrected chi connectivity index (χ2v) is 7.57. The SMILES string of the molecule is CCCNC(CC1CCOc2ccccc21)C1CCCS1. The van der Waals surface area contributed by atoms with E-state index in [4.69, 9.17) is 4.74 Å². The van der Waals surface area contributed by atoms with Crippen molar-refractivity contribution in [2.24, 2.45) is 0 Å². The molecule has 0 aliphatic carbocycles. The minimum absolute atomic E-state index is 0.658. The number of hydrogen-bond donors (Lipinski definition) is 1. The van der Waals surface area contributed by atoms with Gasteiger partial charge in [0.15, 0.2) is 0 Å². The zero-order valence-corrected chi connectivity index (χ0v) is 13.8. The van der Waals surface area contributed by atoms with Crippen LogP contribution in [-0.4, -0.2) is 30.2 Å². The predicted molar refractivity (Wildman–Crippen MR) is 91.5 cm³/mol. The maximum atomic E-state index is 5.82. The van der Waals surface area contributed by atoms with Gasteiger partial charge in [0.1, 0.15) is 5.75 Å². The molecule has 0 saturated carbocycles. The Labute approximate surface area is 133 Å². The van der Waals surface area contributed by atoms with Crippen LogP contribution < -0.4 is 10.1 Å². The van der Waals surface area contributed by atoms with Gasteiger partial charge in [0, 0.05) is 11.3 Å². The predicted octanol–water partition coefficient (Wildman–Crippen LogP) is 4.21. The third-order valence-electron chi connectivity index (χ3n) is 4.69. The molecule has 3 heteroatoms. The Hall–Kier alpha value is -0.670. The van der Waals surface area contributed by atoms with Gasteiger partial charge in [-0.2, -0.15) is 11.8 Å². The van der Waals surface area contributed by atoms with Crippen LogP contribution in [0.4, 0.5) is 0 Å². The van der Waals surface area contributed by atoms with E-state index in [2.05, 4.69) is 48.3 Å². The van der Waals surface area contributed by atoms with E-state index in [9.17, 15) is 0 Å². The molecule has 3 unspecified atom stereocenters. The topological polar surface area (TPSA) is 21.3 Å². The molecular formula is C18H27NOS. The summed E-state index contributed by atoms with van der Waals surface area (Å²) in [6, 6.07) is 9.28. The van der Waals surface area contributed by atoms with Gasteiger partial charge in [0.05, 0.1) is 6.61 Å². The Morgan fingerprint density at radius 2 is 2.24 bits per heavy atom. The van der Waals surface area contributed by atoms with Crippen LogP contribution in [-0.2, 0) is 0 Å². The van der Waals surface area contributed by atoms with Gasteiger partial charge in [-0.05, 0) is 61.9 Å². The molecule has 1 saturated heterocycles. The van der Waals surface area contributed by atoms with Crippen molar-refractivity contribution >= 4 is 11.8 Å². The molecule has 0 spiro atoms. The molecule has 116 valence electrons. The van der Waals surface area contributed by atoms with E-state index in [0.717, 1.165) is 24.2 Å².